The maximum absolute atomic E-state index is 10.7. The third-order valence-corrected chi connectivity index (χ3v) is 5.42. The van der Waals surface area contributed by atoms with Gasteiger partial charge in [0.2, 0.25) is 0 Å². The van der Waals surface area contributed by atoms with Crippen molar-refractivity contribution in [2.24, 2.45) is 0 Å². The van der Waals surface area contributed by atoms with Crippen molar-refractivity contribution in [3.8, 4) is 0 Å². The van der Waals surface area contributed by atoms with Crippen molar-refractivity contribution in [2.75, 3.05) is 26.2 Å². The Morgan fingerprint density at radius 3 is 2.43 bits per heavy atom. The molecule has 3 rings (SSSR count). The minimum atomic E-state index is -0.417. The first-order chi connectivity index (χ1) is 11.2. The van der Waals surface area contributed by atoms with Crippen LogP contribution in [0.4, 0.5) is 0 Å². The molecule has 0 aromatic heterocycles. The Morgan fingerprint density at radius 2 is 1.74 bits per heavy atom. The lowest BCUT2D eigenvalue weighted by molar-refractivity contribution is -0.0479. The molecule has 1 saturated heterocycles. The second kappa shape index (κ2) is 8.27. The Balaban J connectivity index is 1.34. The number of hydrogen-bond donors (Lipinski definition) is 1. The fourth-order valence-electron chi connectivity index (χ4n) is 4.01. The quantitative estimate of drug-likeness (QED) is 0.873. The van der Waals surface area contributed by atoms with Crippen molar-refractivity contribution in [1.29, 1.82) is 0 Å². The Bertz CT molecular complexity index is 448. The van der Waals surface area contributed by atoms with E-state index in [4.69, 9.17) is 4.74 Å². The van der Waals surface area contributed by atoms with Crippen LogP contribution in [0.5, 0.6) is 0 Å². The van der Waals surface area contributed by atoms with Crippen LogP contribution in [0.15, 0.2) is 30.3 Å². The van der Waals surface area contributed by atoms with Gasteiger partial charge in [0.25, 0.3) is 0 Å². The van der Waals surface area contributed by atoms with Crippen LogP contribution in [0.3, 0.4) is 0 Å². The van der Waals surface area contributed by atoms with Crippen molar-refractivity contribution in [1.82, 2.24) is 4.90 Å². The average molecular weight is 317 g/mol. The summed E-state index contributed by atoms with van der Waals surface area (Å²) in [6, 6.07) is 10.6. The number of aliphatic hydroxyl groups is 1. The van der Waals surface area contributed by atoms with Crippen LogP contribution in [0.1, 0.15) is 50.5 Å². The van der Waals surface area contributed by atoms with Gasteiger partial charge < -0.3 is 14.7 Å². The zero-order valence-corrected chi connectivity index (χ0v) is 14.3. The molecule has 23 heavy (non-hydrogen) atoms. The first-order valence-corrected chi connectivity index (χ1v) is 9.34. The molecule has 0 spiro atoms. The summed E-state index contributed by atoms with van der Waals surface area (Å²) < 4.78 is 6.06. The van der Waals surface area contributed by atoms with E-state index in [0.29, 0.717) is 6.10 Å². The van der Waals surface area contributed by atoms with Crippen LogP contribution >= 0.6 is 0 Å². The van der Waals surface area contributed by atoms with Gasteiger partial charge in [-0.25, -0.2) is 0 Å². The van der Waals surface area contributed by atoms with E-state index in [2.05, 4.69) is 35.2 Å². The normalized spacial score (nSPS) is 23.0. The van der Waals surface area contributed by atoms with Gasteiger partial charge in [-0.3, -0.25) is 0 Å². The smallest absolute Gasteiger partial charge is 0.0774 e. The zero-order chi connectivity index (χ0) is 16.0. The zero-order valence-electron chi connectivity index (χ0n) is 14.3. The summed E-state index contributed by atoms with van der Waals surface area (Å²) in [5, 5.41) is 10.7. The fraction of sp³-hybridized carbons (Fsp3) is 0.700. The number of nitrogens with zero attached hydrogens (tertiary/aromatic N) is 1. The molecule has 1 heterocycles. The lowest BCUT2D eigenvalue weighted by Crippen LogP contribution is -2.48. The van der Waals surface area contributed by atoms with Crippen molar-refractivity contribution >= 4 is 0 Å². The molecule has 1 aliphatic carbocycles. The third-order valence-electron chi connectivity index (χ3n) is 5.42. The summed E-state index contributed by atoms with van der Waals surface area (Å²) in [5.74, 6) is 0. The molecule has 1 aromatic rings. The van der Waals surface area contributed by atoms with Crippen molar-refractivity contribution in [3.05, 3.63) is 35.9 Å². The molecule has 3 heteroatoms. The van der Waals surface area contributed by atoms with E-state index < -0.39 is 5.60 Å². The molecule has 0 amide bonds. The molecule has 0 radical (unpaired) electrons. The molecular formula is C20H31NO2. The second-order valence-electron chi connectivity index (χ2n) is 7.37. The molecule has 0 bridgehead atoms. The van der Waals surface area contributed by atoms with Crippen molar-refractivity contribution in [3.63, 3.8) is 0 Å². The van der Waals surface area contributed by atoms with Gasteiger partial charge in [-0.05, 0) is 37.7 Å². The molecule has 1 saturated carbocycles. The van der Waals surface area contributed by atoms with Gasteiger partial charge in [0, 0.05) is 19.6 Å². The van der Waals surface area contributed by atoms with Crippen molar-refractivity contribution in [2.45, 2.75) is 63.1 Å². The number of ether oxygens (including phenoxy) is 1. The van der Waals surface area contributed by atoms with E-state index in [1.165, 1.54) is 24.8 Å². The van der Waals surface area contributed by atoms with Gasteiger partial charge in [-0.15, -0.1) is 0 Å². The minimum absolute atomic E-state index is 0.399. The number of rotatable bonds is 6. The highest BCUT2D eigenvalue weighted by atomic mass is 16.5. The van der Waals surface area contributed by atoms with E-state index in [1.807, 2.05) is 0 Å². The molecule has 1 aromatic carbocycles. The molecular weight excluding hydrogens is 286 g/mol. The SMILES string of the molecule is OC1(CN2CCC(OCCc3ccccc3)CC2)CCCCC1. The highest BCUT2D eigenvalue weighted by Gasteiger charge is 2.32. The number of hydrogen-bond acceptors (Lipinski definition) is 3. The molecule has 2 aliphatic rings. The van der Waals surface area contributed by atoms with Gasteiger partial charge in [-0.2, -0.15) is 0 Å². The van der Waals surface area contributed by atoms with Gasteiger partial charge in [-0.1, -0.05) is 49.6 Å². The second-order valence-corrected chi connectivity index (χ2v) is 7.37. The van der Waals surface area contributed by atoms with Crippen molar-refractivity contribution < 1.29 is 9.84 Å². The maximum atomic E-state index is 10.7. The minimum Gasteiger partial charge on any atom is -0.389 e. The van der Waals surface area contributed by atoms with Crippen LogP contribution in [-0.4, -0.2) is 48.0 Å². The van der Waals surface area contributed by atoms with Gasteiger partial charge >= 0.3 is 0 Å². The molecule has 1 N–H and O–H groups in total. The molecule has 3 nitrogen and oxygen atoms in total. The highest BCUT2D eigenvalue weighted by Crippen LogP contribution is 2.29. The van der Waals surface area contributed by atoms with Gasteiger partial charge in [0.1, 0.15) is 0 Å². The summed E-state index contributed by atoms with van der Waals surface area (Å²) in [7, 11) is 0. The lowest BCUT2D eigenvalue weighted by atomic mass is 9.84. The number of benzene rings is 1. The Hall–Kier alpha value is -0.900. The summed E-state index contributed by atoms with van der Waals surface area (Å²) in [5.41, 5.74) is 0.934. The Morgan fingerprint density at radius 1 is 1.04 bits per heavy atom. The van der Waals surface area contributed by atoms with E-state index >= 15 is 0 Å². The average Bonchev–Trinajstić information content (AvgIpc) is 2.58. The van der Waals surface area contributed by atoms with E-state index in [-0.39, 0.29) is 0 Å². The summed E-state index contributed by atoms with van der Waals surface area (Å²) >= 11 is 0. The summed E-state index contributed by atoms with van der Waals surface area (Å²) in [4.78, 5) is 2.45. The van der Waals surface area contributed by atoms with Gasteiger partial charge in [0.15, 0.2) is 0 Å². The Kier molecular flexibility index (Phi) is 6.09. The van der Waals surface area contributed by atoms with Crippen LogP contribution in [0.2, 0.25) is 0 Å². The first kappa shape index (κ1) is 16.9. The number of β-amino-alcohol motifs (C(OH)–C–C–N with tert-alkyl or cyclic N) is 1. The fourth-order valence-corrected chi connectivity index (χ4v) is 4.01. The van der Waals surface area contributed by atoms with E-state index in [1.54, 1.807) is 0 Å². The molecule has 2 fully saturated rings. The molecule has 1 aliphatic heterocycles. The monoisotopic (exact) mass is 317 g/mol. The maximum Gasteiger partial charge on any atom is 0.0774 e. The molecule has 0 unspecified atom stereocenters. The highest BCUT2D eigenvalue weighted by molar-refractivity contribution is 5.14. The van der Waals surface area contributed by atoms with E-state index in [0.717, 1.165) is 58.3 Å². The predicted octanol–water partition coefficient (Wildman–Crippen LogP) is 3.41. The van der Waals surface area contributed by atoms with E-state index in [9.17, 15) is 5.11 Å². The number of piperidine rings is 1. The summed E-state index contributed by atoms with van der Waals surface area (Å²) in [6.45, 7) is 3.82. The molecule has 128 valence electrons. The first-order valence-electron chi connectivity index (χ1n) is 9.34. The number of likely N-dealkylation sites (tertiary alicyclic amines) is 1. The lowest BCUT2D eigenvalue weighted by Gasteiger charge is -2.40. The largest absolute Gasteiger partial charge is 0.389 e. The van der Waals surface area contributed by atoms with Gasteiger partial charge in [0.05, 0.1) is 18.3 Å². The van der Waals surface area contributed by atoms with Crippen LogP contribution in [0.25, 0.3) is 0 Å². The molecule has 0 atom stereocenters. The third kappa shape index (κ3) is 5.30. The van der Waals surface area contributed by atoms with Crippen LogP contribution < -0.4 is 0 Å². The van der Waals surface area contributed by atoms with Crippen LogP contribution in [0, 0.1) is 0 Å². The topological polar surface area (TPSA) is 32.7 Å². The summed E-state index contributed by atoms with van der Waals surface area (Å²) in [6.07, 6.45) is 9.25. The Labute approximate surface area is 140 Å². The van der Waals surface area contributed by atoms with Crippen LogP contribution in [-0.2, 0) is 11.2 Å². The standard InChI is InChI=1S/C20H31NO2/c22-20(12-5-2-6-13-20)17-21-14-9-19(10-15-21)23-16-11-18-7-3-1-4-8-18/h1,3-4,7-8,19,22H,2,5-6,9-17H2. The predicted molar refractivity (Wildman–Crippen MR) is 93.6 cm³/mol.